The summed E-state index contributed by atoms with van der Waals surface area (Å²) in [4.78, 5) is 4.28. The normalized spacial score (nSPS) is 19.6. The smallest absolute Gasteiger partial charge is 0.0792 e. The number of hydrogen-bond donors (Lipinski definition) is 0. The first-order valence-corrected chi connectivity index (χ1v) is 6.88. The van der Waals surface area contributed by atoms with Crippen molar-refractivity contribution in [2.45, 2.75) is 43.5 Å². The van der Waals surface area contributed by atoms with Gasteiger partial charge in [-0.25, -0.2) is 0 Å². The first-order valence-electron chi connectivity index (χ1n) is 6.12. The Morgan fingerprint density at radius 2 is 1.76 bits per heavy atom. The van der Waals surface area contributed by atoms with Gasteiger partial charge in [0, 0.05) is 11.2 Å². The van der Waals surface area contributed by atoms with Crippen molar-refractivity contribution < 1.29 is 0 Å². The van der Waals surface area contributed by atoms with Crippen molar-refractivity contribution in [2.24, 2.45) is 4.99 Å². The molecule has 1 aliphatic rings. The van der Waals surface area contributed by atoms with Crippen LogP contribution in [0, 0.1) is 0 Å². The molecule has 0 spiro atoms. The Labute approximate surface area is 113 Å². The number of halogens is 2. The molecule has 2 rings (SSSR count). The fourth-order valence-electron chi connectivity index (χ4n) is 2.17. The summed E-state index contributed by atoms with van der Waals surface area (Å²) in [5, 5.41) is 0.763. The van der Waals surface area contributed by atoms with Gasteiger partial charge in [0.25, 0.3) is 0 Å². The monoisotopic (exact) mass is 269 g/mol. The van der Waals surface area contributed by atoms with E-state index < -0.39 is 0 Å². The van der Waals surface area contributed by atoms with Gasteiger partial charge in [-0.1, -0.05) is 43.0 Å². The molecule has 0 bridgehead atoms. The lowest BCUT2D eigenvalue weighted by Gasteiger charge is -2.26. The minimum absolute atomic E-state index is 0.190. The average Bonchev–Trinajstić information content (AvgIpc) is 2.32. The van der Waals surface area contributed by atoms with Crippen LogP contribution in [0.15, 0.2) is 29.3 Å². The van der Waals surface area contributed by atoms with Crippen LogP contribution in [0.1, 0.15) is 37.7 Å². The van der Waals surface area contributed by atoms with Crippen LogP contribution in [0.2, 0.25) is 5.02 Å². The van der Waals surface area contributed by atoms with Gasteiger partial charge in [0.2, 0.25) is 0 Å². The van der Waals surface area contributed by atoms with E-state index in [4.69, 9.17) is 23.2 Å². The Balaban J connectivity index is 1.90. The fourth-order valence-corrected chi connectivity index (χ4v) is 2.64. The maximum atomic E-state index is 6.50. The molecule has 0 N–H and O–H groups in total. The highest BCUT2D eigenvalue weighted by Gasteiger charge is 2.26. The predicted molar refractivity (Wildman–Crippen MR) is 75.3 cm³/mol. The summed E-state index contributed by atoms with van der Waals surface area (Å²) in [5.41, 5.74) is 1.17. The third-order valence-corrected chi connectivity index (χ3v) is 3.92. The number of alkyl halides is 1. The molecule has 0 aromatic heterocycles. The Hall–Kier alpha value is -0.530. The molecule has 3 heteroatoms. The van der Waals surface area contributed by atoms with E-state index in [0.717, 1.165) is 17.9 Å². The minimum Gasteiger partial charge on any atom is -0.291 e. The van der Waals surface area contributed by atoms with Crippen LogP contribution in [0.25, 0.3) is 0 Å². The van der Waals surface area contributed by atoms with Crippen molar-refractivity contribution in [2.75, 3.05) is 0 Å². The van der Waals surface area contributed by atoms with Crippen molar-refractivity contribution in [3.8, 4) is 0 Å². The molecule has 92 valence electrons. The molecule has 0 radical (unpaired) electrons. The zero-order valence-electron chi connectivity index (χ0n) is 9.83. The molecular formula is C14H17Cl2N. The number of rotatable bonds is 3. The number of nitrogens with zero attached hydrogens (tertiary/aromatic N) is 1. The Kier molecular flexibility index (Phi) is 4.47. The second-order valence-electron chi connectivity index (χ2n) is 4.69. The second kappa shape index (κ2) is 5.88. The zero-order chi connectivity index (χ0) is 12.1. The van der Waals surface area contributed by atoms with Crippen molar-refractivity contribution in [3.05, 3.63) is 34.9 Å². The van der Waals surface area contributed by atoms with Gasteiger partial charge in [-0.15, -0.1) is 11.6 Å². The highest BCUT2D eigenvalue weighted by atomic mass is 35.5. The maximum Gasteiger partial charge on any atom is 0.0792 e. The van der Waals surface area contributed by atoms with Gasteiger partial charge in [-0.3, -0.25) is 4.99 Å². The van der Waals surface area contributed by atoms with Crippen molar-refractivity contribution in [1.82, 2.24) is 0 Å². The van der Waals surface area contributed by atoms with Gasteiger partial charge >= 0.3 is 0 Å². The summed E-state index contributed by atoms with van der Waals surface area (Å²) in [6.07, 6.45) is 7.80. The molecule has 0 saturated heterocycles. The van der Waals surface area contributed by atoms with Crippen molar-refractivity contribution >= 4 is 29.4 Å². The lowest BCUT2D eigenvalue weighted by molar-refractivity contribution is 0.468. The summed E-state index contributed by atoms with van der Waals surface area (Å²) in [7, 11) is 0. The number of hydrogen-bond acceptors (Lipinski definition) is 1. The molecular weight excluding hydrogens is 253 g/mol. The second-order valence-corrected chi connectivity index (χ2v) is 5.88. The summed E-state index contributed by atoms with van der Waals surface area (Å²) >= 11 is 12.3. The quantitative estimate of drug-likeness (QED) is 0.549. The molecule has 1 aliphatic carbocycles. The van der Waals surface area contributed by atoms with Crippen LogP contribution >= 0.6 is 23.2 Å². The van der Waals surface area contributed by atoms with Gasteiger partial charge in [-0.2, -0.15) is 0 Å². The minimum atomic E-state index is -0.190. The van der Waals surface area contributed by atoms with E-state index in [1.54, 1.807) is 0 Å². The highest BCUT2D eigenvalue weighted by Crippen LogP contribution is 2.32. The third kappa shape index (κ3) is 4.01. The van der Waals surface area contributed by atoms with Gasteiger partial charge in [-0.05, 0) is 30.5 Å². The summed E-state index contributed by atoms with van der Waals surface area (Å²) in [6, 6.07) is 7.79. The summed E-state index contributed by atoms with van der Waals surface area (Å²) in [5.74, 6) is 0. The number of benzene rings is 1. The lowest BCUT2D eigenvalue weighted by Crippen LogP contribution is -2.26. The third-order valence-electron chi connectivity index (χ3n) is 3.19. The molecule has 17 heavy (non-hydrogen) atoms. The van der Waals surface area contributed by atoms with E-state index in [2.05, 4.69) is 4.99 Å². The van der Waals surface area contributed by atoms with Crippen LogP contribution in [-0.2, 0) is 6.54 Å². The lowest BCUT2D eigenvalue weighted by atomic mass is 9.89. The van der Waals surface area contributed by atoms with E-state index in [0.29, 0.717) is 6.54 Å². The van der Waals surface area contributed by atoms with Gasteiger partial charge in [0.15, 0.2) is 0 Å². The zero-order valence-corrected chi connectivity index (χ0v) is 11.3. The Bertz CT molecular complexity index is 378. The van der Waals surface area contributed by atoms with E-state index >= 15 is 0 Å². The van der Waals surface area contributed by atoms with Crippen LogP contribution in [-0.4, -0.2) is 11.1 Å². The average molecular weight is 270 g/mol. The fraction of sp³-hybridized carbons (Fsp3) is 0.500. The molecule has 1 aromatic rings. The molecule has 1 fully saturated rings. The summed E-state index contributed by atoms with van der Waals surface area (Å²) in [6.45, 7) is 0.686. The SMILES string of the molecule is Clc1ccc(CN=CC2(Cl)CCCCC2)cc1. The first kappa shape index (κ1) is 12.9. The van der Waals surface area contributed by atoms with Gasteiger partial charge < -0.3 is 0 Å². The van der Waals surface area contributed by atoms with Crippen LogP contribution in [0.5, 0.6) is 0 Å². The van der Waals surface area contributed by atoms with Crippen LogP contribution in [0.3, 0.4) is 0 Å². The standard InChI is InChI=1S/C14H17Cl2N/c15-13-6-4-12(5-7-13)10-17-11-14(16)8-2-1-3-9-14/h4-7,11H,1-3,8-10H2. The molecule has 0 heterocycles. The van der Waals surface area contributed by atoms with Gasteiger partial charge in [0.1, 0.15) is 0 Å². The molecule has 1 aromatic carbocycles. The molecule has 0 aliphatic heterocycles. The first-order chi connectivity index (χ1) is 8.18. The Morgan fingerprint density at radius 1 is 1.12 bits per heavy atom. The molecule has 0 unspecified atom stereocenters. The van der Waals surface area contributed by atoms with E-state index in [9.17, 15) is 0 Å². The Morgan fingerprint density at radius 3 is 2.41 bits per heavy atom. The van der Waals surface area contributed by atoms with E-state index in [-0.39, 0.29) is 4.87 Å². The summed E-state index contributed by atoms with van der Waals surface area (Å²) < 4.78 is 0. The highest BCUT2D eigenvalue weighted by molar-refractivity contribution is 6.32. The van der Waals surface area contributed by atoms with Crippen LogP contribution < -0.4 is 0 Å². The van der Waals surface area contributed by atoms with Crippen molar-refractivity contribution in [1.29, 1.82) is 0 Å². The molecule has 1 saturated carbocycles. The molecule has 0 atom stereocenters. The van der Waals surface area contributed by atoms with E-state index in [1.165, 1.54) is 24.8 Å². The number of aliphatic imine (C=N–C) groups is 1. The van der Waals surface area contributed by atoms with E-state index in [1.807, 2.05) is 30.5 Å². The topological polar surface area (TPSA) is 12.4 Å². The van der Waals surface area contributed by atoms with Gasteiger partial charge in [0.05, 0.1) is 11.4 Å². The predicted octanol–water partition coefficient (Wildman–Crippen LogP) is 4.85. The van der Waals surface area contributed by atoms with Crippen molar-refractivity contribution in [3.63, 3.8) is 0 Å². The van der Waals surface area contributed by atoms with Crippen LogP contribution in [0.4, 0.5) is 0 Å². The largest absolute Gasteiger partial charge is 0.291 e. The maximum absolute atomic E-state index is 6.50. The molecule has 1 nitrogen and oxygen atoms in total. The molecule has 0 amide bonds.